The van der Waals surface area contributed by atoms with Gasteiger partial charge in [-0.05, 0) is 50.4 Å². The van der Waals surface area contributed by atoms with Crippen molar-refractivity contribution in [1.82, 2.24) is 14.1 Å². The van der Waals surface area contributed by atoms with Crippen molar-refractivity contribution < 1.29 is 18.0 Å². The Bertz CT molecular complexity index is 866. The lowest BCUT2D eigenvalue weighted by atomic mass is 9.96. The number of nitrogens with zero attached hydrogens (tertiary/aromatic N) is 3. The summed E-state index contributed by atoms with van der Waals surface area (Å²) < 4.78 is 26.9. The molecule has 2 aliphatic rings. The summed E-state index contributed by atoms with van der Waals surface area (Å²) in [6.45, 7) is 3.23. The lowest BCUT2D eigenvalue weighted by Gasteiger charge is -2.33. The summed E-state index contributed by atoms with van der Waals surface area (Å²) >= 11 is 0. The molecule has 9 heteroatoms. The number of piperidine rings is 1. The fraction of sp³-hybridized carbons (Fsp3) is 0.619. The Kier molecular flexibility index (Phi) is 7.49. The number of hydrogen-bond donors (Lipinski definition) is 1. The zero-order chi connectivity index (χ0) is 21.7. The Labute approximate surface area is 179 Å². The Balaban J connectivity index is 1.53. The van der Waals surface area contributed by atoms with Crippen LogP contribution in [0, 0.1) is 5.92 Å². The van der Waals surface area contributed by atoms with Crippen molar-refractivity contribution >= 4 is 27.5 Å². The molecular formula is C21H32N4O4S. The Morgan fingerprint density at radius 2 is 1.87 bits per heavy atom. The summed E-state index contributed by atoms with van der Waals surface area (Å²) in [6.07, 6.45) is 3.90. The van der Waals surface area contributed by atoms with Crippen molar-refractivity contribution in [2.24, 2.45) is 5.92 Å². The van der Waals surface area contributed by atoms with E-state index in [0.717, 1.165) is 32.2 Å². The lowest BCUT2D eigenvalue weighted by molar-refractivity contribution is -0.134. The summed E-state index contributed by atoms with van der Waals surface area (Å²) in [4.78, 5) is 28.6. The van der Waals surface area contributed by atoms with Gasteiger partial charge in [0.05, 0.1) is 10.8 Å². The summed E-state index contributed by atoms with van der Waals surface area (Å²) in [7, 11) is 0.0313. The van der Waals surface area contributed by atoms with Crippen LogP contribution in [-0.2, 0) is 19.6 Å². The molecule has 2 aliphatic heterocycles. The Morgan fingerprint density at radius 3 is 2.57 bits per heavy atom. The summed E-state index contributed by atoms with van der Waals surface area (Å²) in [5, 5.41) is 2.81. The van der Waals surface area contributed by atoms with Crippen LogP contribution in [0.1, 0.15) is 32.1 Å². The number of carbonyl (C=O) groups is 2. The van der Waals surface area contributed by atoms with E-state index < -0.39 is 10.0 Å². The van der Waals surface area contributed by atoms with Gasteiger partial charge in [-0.3, -0.25) is 9.59 Å². The van der Waals surface area contributed by atoms with Crippen molar-refractivity contribution in [3.05, 3.63) is 24.3 Å². The van der Waals surface area contributed by atoms with Gasteiger partial charge in [-0.15, -0.1) is 0 Å². The average Bonchev–Trinajstić information content (AvgIpc) is 3.28. The molecule has 2 amide bonds. The largest absolute Gasteiger partial charge is 0.349 e. The zero-order valence-corrected chi connectivity index (χ0v) is 18.7. The molecule has 2 fully saturated rings. The number of likely N-dealkylation sites (tertiary alicyclic amines) is 1. The van der Waals surface area contributed by atoms with Crippen molar-refractivity contribution in [2.45, 2.75) is 37.0 Å². The first-order valence-corrected chi connectivity index (χ1v) is 12.0. The van der Waals surface area contributed by atoms with Crippen LogP contribution in [0.15, 0.2) is 29.2 Å². The maximum Gasteiger partial charge on any atom is 0.243 e. The molecule has 0 saturated carbocycles. The molecule has 0 aromatic heterocycles. The van der Waals surface area contributed by atoms with Crippen LogP contribution in [-0.4, -0.2) is 81.2 Å². The number of hydrogen-bond acceptors (Lipinski definition) is 5. The quantitative estimate of drug-likeness (QED) is 0.701. The van der Waals surface area contributed by atoms with Crippen LogP contribution in [0.5, 0.6) is 0 Å². The second-order valence-corrected chi connectivity index (χ2v) is 10.2. The molecule has 1 aromatic rings. The van der Waals surface area contributed by atoms with Crippen LogP contribution in [0.25, 0.3) is 0 Å². The highest BCUT2D eigenvalue weighted by atomic mass is 32.2. The highest BCUT2D eigenvalue weighted by Gasteiger charge is 2.28. The number of anilines is 1. The van der Waals surface area contributed by atoms with E-state index in [1.807, 2.05) is 0 Å². The molecule has 0 spiro atoms. The second-order valence-electron chi connectivity index (χ2n) is 8.31. The Hall–Kier alpha value is -1.97. The molecule has 30 heavy (non-hydrogen) atoms. The minimum atomic E-state index is -3.51. The predicted molar refractivity (Wildman–Crippen MR) is 116 cm³/mol. The third kappa shape index (κ3) is 5.59. The number of benzene rings is 1. The number of nitrogens with one attached hydrogen (secondary N) is 1. The van der Waals surface area contributed by atoms with Gasteiger partial charge in [0.15, 0.2) is 0 Å². The first-order valence-electron chi connectivity index (χ1n) is 10.6. The summed E-state index contributed by atoms with van der Waals surface area (Å²) in [5.74, 6) is -0.0313. The Morgan fingerprint density at radius 1 is 1.13 bits per heavy atom. The topological polar surface area (TPSA) is 90.0 Å². The fourth-order valence-electron chi connectivity index (χ4n) is 4.12. The summed E-state index contributed by atoms with van der Waals surface area (Å²) in [5.41, 5.74) is 0.486. The lowest BCUT2D eigenvalue weighted by Crippen LogP contribution is -2.43. The molecule has 3 rings (SSSR count). The van der Waals surface area contributed by atoms with E-state index in [1.54, 1.807) is 37.2 Å². The maximum atomic E-state index is 12.7. The van der Waals surface area contributed by atoms with Gasteiger partial charge >= 0.3 is 0 Å². The zero-order valence-electron chi connectivity index (χ0n) is 17.8. The number of sulfonamides is 1. The van der Waals surface area contributed by atoms with E-state index in [-0.39, 0.29) is 22.6 Å². The van der Waals surface area contributed by atoms with Gasteiger partial charge in [-0.2, -0.15) is 4.31 Å². The normalized spacial score (nSPS) is 20.8. The van der Waals surface area contributed by atoms with Gasteiger partial charge in [-0.1, -0.05) is 6.07 Å². The number of amides is 2. The van der Waals surface area contributed by atoms with Gasteiger partial charge in [0, 0.05) is 52.4 Å². The smallest absolute Gasteiger partial charge is 0.243 e. The minimum absolute atomic E-state index is 0.00992. The van der Waals surface area contributed by atoms with Gasteiger partial charge in [0.25, 0.3) is 0 Å². The van der Waals surface area contributed by atoms with Gasteiger partial charge in [0.2, 0.25) is 21.8 Å². The molecule has 0 radical (unpaired) electrons. The van der Waals surface area contributed by atoms with Crippen molar-refractivity contribution in [2.75, 3.05) is 52.1 Å². The van der Waals surface area contributed by atoms with E-state index in [1.165, 1.54) is 10.4 Å². The standard InChI is InChI=1S/C21H32N4O4S/c1-23(2)21(27)17-7-6-11-24(16-17)14-10-20(26)22-18-8-5-9-19(15-18)30(28,29)25-12-3-4-13-25/h5,8-9,15,17H,3-4,6-7,10-14,16H2,1-2H3,(H,22,26). The highest BCUT2D eigenvalue weighted by molar-refractivity contribution is 7.89. The van der Waals surface area contributed by atoms with Crippen molar-refractivity contribution in [3.63, 3.8) is 0 Å². The molecule has 166 valence electrons. The van der Waals surface area contributed by atoms with E-state index >= 15 is 0 Å². The molecule has 2 saturated heterocycles. The maximum absolute atomic E-state index is 12.7. The molecule has 1 N–H and O–H groups in total. The molecule has 1 unspecified atom stereocenters. The van der Waals surface area contributed by atoms with Crippen molar-refractivity contribution in [3.8, 4) is 0 Å². The predicted octanol–water partition coefficient (Wildman–Crippen LogP) is 1.60. The van der Waals surface area contributed by atoms with Crippen LogP contribution in [0.2, 0.25) is 0 Å². The summed E-state index contributed by atoms with van der Waals surface area (Å²) in [6, 6.07) is 6.45. The molecule has 0 aliphatic carbocycles. The third-order valence-corrected chi connectivity index (χ3v) is 7.67. The van der Waals surface area contributed by atoms with E-state index in [9.17, 15) is 18.0 Å². The van der Waals surface area contributed by atoms with Crippen LogP contribution >= 0.6 is 0 Å². The van der Waals surface area contributed by atoms with Crippen molar-refractivity contribution in [1.29, 1.82) is 0 Å². The van der Waals surface area contributed by atoms with E-state index in [2.05, 4.69) is 10.2 Å². The van der Waals surface area contributed by atoms with Crippen LogP contribution < -0.4 is 5.32 Å². The highest BCUT2D eigenvalue weighted by Crippen LogP contribution is 2.23. The molecule has 0 bridgehead atoms. The van der Waals surface area contributed by atoms with Crippen LogP contribution in [0.3, 0.4) is 0 Å². The number of rotatable bonds is 7. The number of carbonyl (C=O) groups excluding carboxylic acids is 2. The van der Waals surface area contributed by atoms with Gasteiger partial charge in [0.1, 0.15) is 0 Å². The van der Waals surface area contributed by atoms with Gasteiger partial charge in [-0.25, -0.2) is 8.42 Å². The van der Waals surface area contributed by atoms with E-state index in [4.69, 9.17) is 0 Å². The first-order chi connectivity index (χ1) is 14.3. The second kappa shape index (κ2) is 9.89. The molecule has 1 atom stereocenters. The molecule has 8 nitrogen and oxygen atoms in total. The average molecular weight is 437 g/mol. The minimum Gasteiger partial charge on any atom is -0.349 e. The molecule has 1 aromatic carbocycles. The van der Waals surface area contributed by atoms with Crippen LogP contribution in [0.4, 0.5) is 5.69 Å². The fourth-order valence-corrected chi connectivity index (χ4v) is 5.68. The monoisotopic (exact) mass is 436 g/mol. The third-order valence-electron chi connectivity index (χ3n) is 5.77. The molecular weight excluding hydrogens is 404 g/mol. The van der Waals surface area contributed by atoms with Gasteiger partial charge < -0.3 is 15.1 Å². The first kappa shape index (κ1) is 22.7. The van der Waals surface area contributed by atoms with E-state index in [0.29, 0.717) is 38.3 Å². The SMILES string of the molecule is CN(C)C(=O)C1CCCN(CCC(=O)Nc2cccc(S(=O)(=O)N3CCCC3)c2)C1. The molecule has 2 heterocycles.